The van der Waals surface area contributed by atoms with E-state index in [0.29, 0.717) is 37.1 Å². The van der Waals surface area contributed by atoms with Crippen LogP contribution in [-0.2, 0) is 17.8 Å². The lowest BCUT2D eigenvalue weighted by atomic mass is 10.3. The van der Waals surface area contributed by atoms with Crippen LogP contribution in [0.4, 0.5) is 0 Å². The van der Waals surface area contributed by atoms with Crippen LogP contribution < -0.4 is 10.9 Å². The number of aromatic amines is 1. The van der Waals surface area contributed by atoms with Crippen molar-refractivity contribution in [3.05, 3.63) is 57.7 Å². The topological polar surface area (TPSA) is 92.7 Å². The first-order chi connectivity index (χ1) is 13.1. The lowest BCUT2D eigenvalue weighted by Crippen LogP contribution is -2.32. The zero-order valence-corrected chi connectivity index (χ0v) is 15.7. The molecule has 138 valence electrons. The van der Waals surface area contributed by atoms with Crippen LogP contribution in [0.15, 0.2) is 40.5 Å². The van der Waals surface area contributed by atoms with Crippen LogP contribution in [0.2, 0.25) is 0 Å². The standard InChI is InChI=1S/C19H19N5O2S/c1-12-21-18-13(8-11-27-18)19(26)24(12)10-9-20-17(25)7-6-16-22-14-4-2-3-5-15(14)23-16/h2-5,8,11H,6-7,9-10H2,1H3,(H,20,25)(H,22,23). The number of carbonyl (C=O) groups excluding carboxylic acids is 1. The maximum atomic E-state index is 12.5. The zero-order valence-electron chi connectivity index (χ0n) is 14.9. The van der Waals surface area contributed by atoms with E-state index in [4.69, 9.17) is 0 Å². The summed E-state index contributed by atoms with van der Waals surface area (Å²) in [6, 6.07) is 9.57. The summed E-state index contributed by atoms with van der Waals surface area (Å²) in [5.74, 6) is 1.39. The molecule has 2 N–H and O–H groups in total. The smallest absolute Gasteiger partial charge is 0.262 e. The number of H-pyrrole nitrogens is 1. The van der Waals surface area contributed by atoms with Crippen LogP contribution in [0.3, 0.4) is 0 Å². The van der Waals surface area contributed by atoms with Gasteiger partial charge in [0.2, 0.25) is 5.91 Å². The first-order valence-electron chi connectivity index (χ1n) is 8.77. The van der Waals surface area contributed by atoms with E-state index in [0.717, 1.165) is 21.7 Å². The van der Waals surface area contributed by atoms with E-state index in [9.17, 15) is 9.59 Å². The maximum absolute atomic E-state index is 12.5. The van der Waals surface area contributed by atoms with Crippen molar-refractivity contribution in [3.63, 3.8) is 0 Å². The van der Waals surface area contributed by atoms with Crippen molar-refractivity contribution in [1.82, 2.24) is 24.8 Å². The van der Waals surface area contributed by atoms with E-state index >= 15 is 0 Å². The molecule has 0 radical (unpaired) electrons. The van der Waals surface area contributed by atoms with Crippen LogP contribution in [0.1, 0.15) is 18.1 Å². The van der Waals surface area contributed by atoms with E-state index in [1.807, 2.05) is 36.6 Å². The Morgan fingerprint density at radius 2 is 2.11 bits per heavy atom. The number of carbonyl (C=O) groups is 1. The van der Waals surface area contributed by atoms with Gasteiger partial charge in [0.25, 0.3) is 5.56 Å². The average molecular weight is 381 g/mol. The molecule has 3 heterocycles. The summed E-state index contributed by atoms with van der Waals surface area (Å²) in [4.78, 5) is 37.5. The Hall–Kier alpha value is -3.00. The van der Waals surface area contributed by atoms with Gasteiger partial charge in [-0.25, -0.2) is 9.97 Å². The van der Waals surface area contributed by atoms with Crippen molar-refractivity contribution in [2.75, 3.05) is 6.54 Å². The number of fused-ring (bicyclic) bond motifs is 2. The fourth-order valence-corrected chi connectivity index (χ4v) is 3.87. The highest BCUT2D eigenvalue weighted by Crippen LogP contribution is 2.15. The third-order valence-electron chi connectivity index (χ3n) is 4.46. The third-order valence-corrected chi connectivity index (χ3v) is 5.27. The molecule has 8 heteroatoms. The van der Waals surface area contributed by atoms with Gasteiger partial charge in [0.05, 0.1) is 16.4 Å². The van der Waals surface area contributed by atoms with Crippen LogP contribution >= 0.6 is 11.3 Å². The second kappa shape index (κ2) is 7.32. The molecule has 0 bridgehead atoms. The number of hydrogen-bond acceptors (Lipinski definition) is 5. The van der Waals surface area contributed by atoms with Crippen LogP contribution in [0.25, 0.3) is 21.3 Å². The van der Waals surface area contributed by atoms with Crippen molar-refractivity contribution in [2.24, 2.45) is 0 Å². The summed E-state index contributed by atoms with van der Waals surface area (Å²) in [5.41, 5.74) is 1.81. The molecule has 7 nitrogen and oxygen atoms in total. The number of imidazole rings is 1. The molecule has 0 aliphatic rings. The Bertz CT molecular complexity index is 1140. The molecular weight excluding hydrogens is 362 g/mol. The van der Waals surface area contributed by atoms with Gasteiger partial charge in [-0.2, -0.15) is 0 Å². The van der Waals surface area contributed by atoms with Crippen molar-refractivity contribution in [3.8, 4) is 0 Å². The molecule has 0 unspecified atom stereocenters. The van der Waals surface area contributed by atoms with Crippen LogP contribution in [0.5, 0.6) is 0 Å². The zero-order chi connectivity index (χ0) is 18.8. The average Bonchev–Trinajstić information content (AvgIpc) is 3.28. The number of benzene rings is 1. The molecular formula is C19H19N5O2S. The van der Waals surface area contributed by atoms with Gasteiger partial charge in [-0.05, 0) is 30.5 Å². The lowest BCUT2D eigenvalue weighted by Gasteiger charge is -2.10. The summed E-state index contributed by atoms with van der Waals surface area (Å²) in [7, 11) is 0. The SMILES string of the molecule is Cc1nc2sccc2c(=O)n1CCNC(=O)CCc1nc2ccccc2[nH]1. The van der Waals surface area contributed by atoms with Crippen molar-refractivity contribution in [1.29, 1.82) is 0 Å². The van der Waals surface area contributed by atoms with Crippen molar-refractivity contribution >= 4 is 38.5 Å². The fraction of sp³-hybridized carbons (Fsp3) is 0.263. The lowest BCUT2D eigenvalue weighted by molar-refractivity contribution is -0.121. The minimum absolute atomic E-state index is 0.0599. The van der Waals surface area contributed by atoms with Gasteiger partial charge in [0.1, 0.15) is 16.5 Å². The molecule has 0 saturated heterocycles. The van der Waals surface area contributed by atoms with Gasteiger partial charge in [0, 0.05) is 25.9 Å². The third kappa shape index (κ3) is 3.61. The quantitative estimate of drug-likeness (QED) is 0.536. The molecule has 0 fully saturated rings. The number of nitrogens with zero attached hydrogens (tertiary/aromatic N) is 3. The number of aryl methyl sites for hydroxylation is 2. The van der Waals surface area contributed by atoms with E-state index in [1.165, 1.54) is 11.3 Å². The fourth-order valence-electron chi connectivity index (χ4n) is 3.07. The Morgan fingerprint density at radius 3 is 2.96 bits per heavy atom. The molecule has 1 amide bonds. The number of rotatable bonds is 6. The molecule has 0 aliphatic heterocycles. The largest absolute Gasteiger partial charge is 0.354 e. The summed E-state index contributed by atoms with van der Waals surface area (Å²) >= 11 is 1.46. The highest BCUT2D eigenvalue weighted by atomic mass is 32.1. The number of para-hydroxylation sites is 2. The highest BCUT2D eigenvalue weighted by molar-refractivity contribution is 7.16. The molecule has 4 aromatic rings. The normalized spacial score (nSPS) is 11.3. The van der Waals surface area contributed by atoms with Gasteiger partial charge in [-0.15, -0.1) is 11.3 Å². The summed E-state index contributed by atoms with van der Waals surface area (Å²) < 4.78 is 1.61. The van der Waals surface area contributed by atoms with Crippen molar-refractivity contribution in [2.45, 2.75) is 26.3 Å². The van der Waals surface area contributed by atoms with Gasteiger partial charge in [0.15, 0.2) is 0 Å². The van der Waals surface area contributed by atoms with Crippen molar-refractivity contribution < 1.29 is 4.79 Å². The monoisotopic (exact) mass is 381 g/mol. The van der Waals surface area contributed by atoms with Gasteiger partial charge >= 0.3 is 0 Å². The summed E-state index contributed by atoms with van der Waals surface area (Å²) in [6.07, 6.45) is 0.886. The second-order valence-electron chi connectivity index (χ2n) is 6.31. The maximum Gasteiger partial charge on any atom is 0.262 e. The van der Waals surface area contributed by atoms with E-state index < -0.39 is 0 Å². The highest BCUT2D eigenvalue weighted by Gasteiger charge is 2.10. The Balaban J connectivity index is 1.32. The molecule has 0 saturated carbocycles. The summed E-state index contributed by atoms with van der Waals surface area (Å²) in [6.45, 7) is 2.60. The Labute approximate surface area is 159 Å². The van der Waals surface area contributed by atoms with Crippen LogP contribution in [-0.4, -0.2) is 32.0 Å². The molecule has 0 aliphatic carbocycles. The van der Waals surface area contributed by atoms with Gasteiger partial charge in [-0.1, -0.05) is 12.1 Å². The Morgan fingerprint density at radius 1 is 1.26 bits per heavy atom. The molecule has 1 aromatic carbocycles. The number of thiophene rings is 1. The number of hydrogen-bond donors (Lipinski definition) is 2. The Kier molecular flexibility index (Phi) is 4.72. The molecule has 0 atom stereocenters. The van der Waals surface area contributed by atoms with Crippen LogP contribution in [0, 0.1) is 6.92 Å². The van der Waals surface area contributed by atoms with E-state index in [-0.39, 0.29) is 11.5 Å². The minimum atomic E-state index is -0.0641. The first kappa shape index (κ1) is 17.4. The van der Waals surface area contributed by atoms with E-state index in [2.05, 4.69) is 20.3 Å². The summed E-state index contributed by atoms with van der Waals surface area (Å²) in [5, 5.41) is 5.36. The molecule has 4 rings (SSSR count). The number of aromatic nitrogens is 4. The van der Waals surface area contributed by atoms with E-state index in [1.54, 1.807) is 10.6 Å². The van der Waals surface area contributed by atoms with Gasteiger partial charge < -0.3 is 10.3 Å². The first-order valence-corrected chi connectivity index (χ1v) is 9.65. The number of nitrogens with one attached hydrogen (secondary N) is 2. The predicted molar refractivity (Wildman–Crippen MR) is 106 cm³/mol. The molecule has 3 aromatic heterocycles. The second-order valence-corrected chi connectivity index (χ2v) is 7.20. The minimum Gasteiger partial charge on any atom is -0.354 e. The molecule has 0 spiro atoms. The number of amides is 1. The molecule has 27 heavy (non-hydrogen) atoms. The predicted octanol–water partition coefficient (Wildman–Crippen LogP) is 2.39. The van der Waals surface area contributed by atoms with Gasteiger partial charge in [-0.3, -0.25) is 14.2 Å².